The molecule has 0 rings (SSSR count). The van der Waals surface area contributed by atoms with Gasteiger partial charge in [0.25, 0.3) is 0 Å². The summed E-state index contributed by atoms with van der Waals surface area (Å²) in [6, 6.07) is 0. The van der Waals surface area contributed by atoms with Crippen LogP contribution in [0.25, 0.3) is 0 Å². The van der Waals surface area contributed by atoms with Crippen LogP contribution in [0.2, 0.25) is 0 Å². The van der Waals surface area contributed by atoms with Gasteiger partial charge in [0.1, 0.15) is 0 Å². The second-order valence-electron chi connectivity index (χ2n) is 4.78. The number of rotatable bonds is 8. The van der Waals surface area contributed by atoms with Gasteiger partial charge in [-0.05, 0) is 32.6 Å². The molecule has 0 radical (unpaired) electrons. The van der Waals surface area contributed by atoms with E-state index < -0.39 is 9.05 Å². The lowest BCUT2D eigenvalue weighted by molar-refractivity contribution is -0.0357. The molecule has 0 bridgehead atoms. The van der Waals surface area contributed by atoms with Crippen molar-refractivity contribution in [2.75, 3.05) is 12.4 Å². The van der Waals surface area contributed by atoms with E-state index in [1.807, 2.05) is 27.7 Å². The number of hydrogen-bond acceptors (Lipinski definition) is 3. The number of halogens is 1. The summed E-state index contributed by atoms with van der Waals surface area (Å²) in [6.07, 6.45) is 2.66. The van der Waals surface area contributed by atoms with E-state index in [0.717, 1.165) is 19.3 Å². The highest BCUT2D eigenvalue weighted by molar-refractivity contribution is 8.13. The highest BCUT2D eigenvalue weighted by Gasteiger charge is 2.21. The van der Waals surface area contributed by atoms with Gasteiger partial charge in [-0.3, -0.25) is 0 Å². The van der Waals surface area contributed by atoms with E-state index >= 15 is 0 Å². The molecule has 0 aromatic rings. The minimum atomic E-state index is -3.43. The van der Waals surface area contributed by atoms with Crippen LogP contribution in [0.3, 0.4) is 0 Å². The maximum atomic E-state index is 11.0. The van der Waals surface area contributed by atoms with Crippen molar-refractivity contribution in [3.05, 3.63) is 0 Å². The molecule has 0 aliphatic heterocycles. The molecule has 1 atom stereocenters. The Labute approximate surface area is 104 Å². The van der Waals surface area contributed by atoms with Crippen molar-refractivity contribution in [3.63, 3.8) is 0 Å². The molecule has 0 heterocycles. The van der Waals surface area contributed by atoms with Gasteiger partial charge < -0.3 is 4.74 Å². The van der Waals surface area contributed by atoms with Gasteiger partial charge >= 0.3 is 0 Å². The van der Waals surface area contributed by atoms with Crippen LogP contribution in [-0.4, -0.2) is 26.4 Å². The predicted octanol–water partition coefficient (Wildman–Crippen LogP) is 3.18. The molecule has 0 saturated carbocycles. The zero-order chi connectivity index (χ0) is 12.8. The Bertz CT molecular complexity index is 286. The molecule has 0 aromatic heterocycles. The van der Waals surface area contributed by atoms with E-state index in [9.17, 15) is 8.42 Å². The molecule has 5 heteroatoms. The van der Waals surface area contributed by atoms with Gasteiger partial charge in [-0.15, -0.1) is 0 Å². The molecule has 0 saturated heterocycles. The molecule has 0 aliphatic carbocycles. The van der Waals surface area contributed by atoms with Crippen molar-refractivity contribution in [2.45, 2.75) is 52.6 Å². The summed E-state index contributed by atoms with van der Waals surface area (Å²) in [5.74, 6) is 0.000622. The van der Waals surface area contributed by atoms with E-state index in [1.165, 1.54) is 0 Å². The Kier molecular flexibility index (Phi) is 6.90. The average Bonchev–Trinajstić information content (AvgIpc) is 2.13. The topological polar surface area (TPSA) is 43.4 Å². The lowest BCUT2D eigenvalue weighted by atomic mass is 10.0. The molecule has 0 spiro atoms. The zero-order valence-corrected chi connectivity index (χ0v) is 12.2. The Balaban J connectivity index is 4.24. The summed E-state index contributed by atoms with van der Waals surface area (Å²) in [5.41, 5.74) is -0.192. The van der Waals surface area contributed by atoms with Crippen LogP contribution in [0.1, 0.15) is 47.0 Å². The minimum absolute atomic E-state index is 0.00155. The van der Waals surface area contributed by atoms with Crippen molar-refractivity contribution in [2.24, 2.45) is 5.92 Å². The summed E-state index contributed by atoms with van der Waals surface area (Å²) >= 11 is 0. The molecule has 0 fully saturated rings. The summed E-state index contributed by atoms with van der Waals surface area (Å²) in [5, 5.41) is 0. The molecule has 98 valence electrons. The first-order valence-electron chi connectivity index (χ1n) is 5.76. The van der Waals surface area contributed by atoms with Crippen molar-refractivity contribution in [1.82, 2.24) is 0 Å². The highest BCUT2D eigenvalue weighted by Crippen LogP contribution is 2.19. The Morgan fingerprint density at radius 3 is 2.25 bits per heavy atom. The smallest absolute Gasteiger partial charge is 0.232 e. The van der Waals surface area contributed by atoms with Crippen molar-refractivity contribution in [3.8, 4) is 0 Å². The zero-order valence-electron chi connectivity index (χ0n) is 10.6. The van der Waals surface area contributed by atoms with Crippen molar-refractivity contribution in [1.29, 1.82) is 0 Å². The van der Waals surface area contributed by atoms with E-state index in [4.69, 9.17) is 15.4 Å². The number of ether oxygens (including phenoxy) is 1. The van der Waals surface area contributed by atoms with Crippen LogP contribution < -0.4 is 0 Å². The van der Waals surface area contributed by atoms with Gasteiger partial charge in [-0.1, -0.05) is 20.3 Å². The maximum absolute atomic E-state index is 11.0. The summed E-state index contributed by atoms with van der Waals surface area (Å²) in [4.78, 5) is 0. The SMILES string of the molecule is CCCC(COC(C)(C)CC)CS(=O)(=O)Cl. The molecule has 16 heavy (non-hydrogen) atoms. The molecular formula is C11H23ClO3S. The third-order valence-electron chi connectivity index (χ3n) is 2.69. The Morgan fingerprint density at radius 1 is 1.31 bits per heavy atom. The molecule has 3 nitrogen and oxygen atoms in total. The molecule has 0 aliphatic rings. The fourth-order valence-electron chi connectivity index (χ4n) is 1.35. The largest absolute Gasteiger partial charge is 0.375 e. The van der Waals surface area contributed by atoms with Crippen LogP contribution in [-0.2, 0) is 13.8 Å². The third-order valence-corrected chi connectivity index (χ3v) is 3.94. The van der Waals surface area contributed by atoms with Gasteiger partial charge in [-0.25, -0.2) is 8.42 Å². The average molecular weight is 271 g/mol. The monoisotopic (exact) mass is 270 g/mol. The van der Waals surface area contributed by atoms with Gasteiger partial charge in [0.15, 0.2) is 0 Å². The first-order valence-corrected chi connectivity index (χ1v) is 8.24. The Hall–Kier alpha value is 0.200. The van der Waals surface area contributed by atoms with E-state index in [2.05, 4.69) is 0 Å². The van der Waals surface area contributed by atoms with Gasteiger partial charge in [0.2, 0.25) is 9.05 Å². The number of hydrogen-bond donors (Lipinski definition) is 0. The van der Waals surface area contributed by atoms with Gasteiger partial charge in [0.05, 0.1) is 18.0 Å². The highest BCUT2D eigenvalue weighted by atomic mass is 35.7. The second-order valence-corrected chi connectivity index (χ2v) is 7.61. The van der Waals surface area contributed by atoms with Crippen LogP contribution >= 0.6 is 10.7 Å². The normalized spacial score (nSPS) is 15.1. The first kappa shape index (κ1) is 16.2. The summed E-state index contributed by atoms with van der Waals surface area (Å²) < 4.78 is 27.8. The minimum Gasteiger partial charge on any atom is -0.375 e. The molecule has 0 aromatic carbocycles. The van der Waals surface area contributed by atoms with E-state index in [1.54, 1.807) is 0 Å². The van der Waals surface area contributed by atoms with Crippen molar-refractivity contribution < 1.29 is 13.2 Å². The quantitative estimate of drug-likeness (QED) is 0.636. The van der Waals surface area contributed by atoms with Crippen LogP contribution in [0.15, 0.2) is 0 Å². The lowest BCUT2D eigenvalue weighted by Crippen LogP contribution is -2.28. The standard InChI is InChI=1S/C11H23ClO3S/c1-5-7-10(9-16(12,13)14)8-15-11(3,4)6-2/h10H,5-9H2,1-4H3. The maximum Gasteiger partial charge on any atom is 0.232 e. The van der Waals surface area contributed by atoms with Crippen LogP contribution in [0, 0.1) is 5.92 Å². The van der Waals surface area contributed by atoms with E-state index in [0.29, 0.717) is 6.61 Å². The summed E-state index contributed by atoms with van der Waals surface area (Å²) in [7, 11) is 1.84. The third kappa shape index (κ3) is 8.36. The fraction of sp³-hybridized carbons (Fsp3) is 1.00. The van der Waals surface area contributed by atoms with Gasteiger partial charge in [0, 0.05) is 10.7 Å². The van der Waals surface area contributed by atoms with Crippen molar-refractivity contribution >= 4 is 19.7 Å². The molecule has 0 amide bonds. The second kappa shape index (κ2) is 6.82. The van der Waals surface area contributed by atoms with Crippen LogP contribution in [0.4, 0.5) is 0 Å². The van der Waals surface area contributed by atoms with Crippen LogP contribution in [0.5, 0.6) is 0 Å². The van der Waals surface area contributed by atoms with E-state index in [-0.39, 0.29) is 17.3 Å². The molecule has 1 unspecified atom stereocenters. The fourth-order valence-corrected chi connectivity index (χ4v) is 2.71. The summed E-state index contributed by atoms with van der Waals surface area (Å²) in [6.45, 7) is 8.54. The molecule has 0 N–H and O–H groups in total. The van der Waals surface area contributed by atoms with Gasteiger partial charge in [-0.2, -0.15) is 0 Å². The predicted molar refractivity (Wildman–Crippen MR) is 68.4 cm³/mol. The Morgan fingerprint density at radius 2 is 1.88 bits per heavy atom. The lowest BCUT2D eigenvalue weighted by Gasteiger charge is -2.26. The molecular weight excluding hydrogens is 248 g/mol. The first-order chi connectivity index (χ1) is 7.20.